The van der Waals surface area contributed by atoms with Crippen LogP contribution in [0, 0.1) is 0 Å². The summed E-state index contributed by atoms with van der Waals surface area (Å²) in [5.41, 5.74) is 6.65. The van der Waals surface area contributed by atoms with Crippen LogP contribution >= 0.6 is 23.4 Å². The van der Waals surface area contributed by atoms with Crippen molar-refractivity contribution >= 4 is 35.0 Å². The lowest BCUT2D eigenvalue weighted by molar-refractivity contribution is 0.0949. The highest BCUT2D eigenvalue weighted by Gasteiger charge is 2.11. The number of nitrogens with two attached hydrogens (primary N) is 1. The van der Waals surface area contributed by atoms with Gasteiger partial charge in [-0.15, -0.1) is 0 Å². The molecule has 4 nitrogen and oxygen atoms in total. The van der Waals surface area contributed by atoms with Gasteiger partial charge in [-0.1, -0.05) is 11.6 Å². The van der Waals surface area contributed by atoms with Crippen molar-refractivity contribution in [3.63, 3.8) is 0 Å². The summed E-state index contributed by atoms with van der Waals surface area (Å²) in [5, 5.41) is 3.32. The molecule has 19 heavy (non-hydrogen) atoms. The van der Waals surface area contributed by atoms with Gasteiger partial charge < -0.3 is 11.1 Å². The van der Waals surface area contributed by atoms with Crippen molar-refractivity contribution in [3.05, 3.63) is 28.8 Å². The molecular weight excluding hydrogens is 282 g/mol. The third-order valence-corrected chi connectivity index (χ3v) is 4.35. The summed E-state index contributed by atoms with van der Waals surface area (Å²) in [4.78, 5) is 14.3. The van der Waals surface area contributed by atoms with Crippen LogP contribution in [0.4, 0.5) is 5.69 Å². The van der Waals surface area contributed by atoms with E-state index >= 15 is 0 Å². The maximum Gasteiger partial charge on any atom is 0.251 e. The van der Waals surface area contributed by atoms with Crippen molar-refractivity contribution in [2.75, 3.05) is 43.4 Å². The number of nitrogen functional groups attached to an aromatic ring is 1. The van der Waals surface area contributed by atoms with E-state index in [9.17, 15) is 4.79 Å². The molecule has 0 atom stereocenters. The smallest absolute Gasteiger partial charge is 0.251 e. The molecule has 0 spiro atoms. The normalized spacial score (nSPS) is 16.3. The Morgan fingerprint density at radius 2 is 2.16 bits per heavy atom. The molecule has 1 amide bonds. The number of nitrogens with one attached hydrogen (secondary N) is 1. The third kappa shape index (κ3) is 4.30. The summed E-state index contributed by atoms with van der Waals surface area (Å²) in [7, 11) is 0. The number of carbonyl (C=O) groups excluding carboxylic acids is 1. The number of hydrogen-bond acceptors (Lipinski definition) is 4. The number of thioether (sulfide) groups is 1. The number of benzene rings is 1. The van der Waals surface area contributed by atoms with Crippen LogP contribution in [0.1, 0.15) is 10.4 Å². The number of carbonyl (C=O) groups is 1. The highest BCUT2D eigenvalue weighted by atomic mass is 35.5. The maximum absolute atomic E-state index is 11.9. The van der Waals surface area contributed by atoms with Gasteiger partial charge in [0.1, 0.15) is 0 Å². The number of rotatable bonds is 4. The summed E-state index contributed by atoms with van der Waals surface area (Å²) in [5.74, 6) is 2.26. The molecule has 1 aliphatic rings. The number of anilines is 1. The highest BCUT2D eigenvalue weighted by Crippen LogP contribution is 2.19. The summed E-state index contributed by atoms with van der Waals surface area (Å²) >= 11 is 7.88. The molecule has 0 aliphatic carbocycles. The predicted octanol–water partition coefficient (Wildman–Crippen LogP) is 1.70. The monoisotopic (exact) mass is 299 g/mol. The fraction of sp³-hybridized carbons (Fsp3) is 0.462. The van der Waals surface area contributed by atoms with E-state index < -0.39 is 0 Å². The van der Waals surface area contributed by atoms with E-state index in [0.29, 0.717) is 22.8 Å². The first-order valence-electron chi connectivity index (χ1n) is 6.30. The van der Waals surface area contributed by atoms with E-state index in [4.69, 9.17) is 17.3 Å². The average molecular weight is 300 g/mol. The van der Waals surface area contributed by atoms with Gasteiger partial charge in [-0.05, 0) is 18.2 Å². The zero-order valence-electron chi connectivity index (χ0n) is 10.7. The van der Waals surface area contributed by atoms with Crippen LogP contribution in [-0.4, -0.2) is 48.5 Å². The van der Waals surface area contributed by atoms with E-state index in [1.54, 1.807) is 18.2 Å². The van der Waals surface area contributed by atoms with Gasteiger partial charge in [0, 0.05) is 43.2 Å². The Kier molecular flexibility index (Phi) is 5.36. The topological polar surface area (TPSA) is 58.4 Å². The molecule has 1 aromatic rings. The van der Waals surface area contributed by atoms with Crippen LogP contribution in [0.3, 0.4) is 0 Å². The average Bonchev–Trinajstić information content (AvgIpc) is 2.43. The van der Waals surface area contributed by atoms with Crippen molar-refractivity contribution < 1.29 is 4.79 Å². The van der Waals surface area contributed by atoms with Gasteiger partial charge in [-0.25, -0.2) is 0 Å². The van der Waals surface area contributed by atoms with Gasteiger partial charge in [0.2, 0.25) is 0 Å². The van der Waals surface area contributed by atoms with Gasteiger partial charge >= 0.3 is 0 Å². The number of nitrogens with zero attached hydrogens (tertiary/aromatic N) is 1. The first kappa shape index (κ1) is 14.5. The fourth-order valence-electron chi connectivity index (χ4n) is 1.92. The lowest BCUT2D eigenvalue weighted by Gasteiger charge is -2.26. The quantitative estimate of drug-likeness (QED) is 0.831. The molecule has 104 valence electrons. The van der Waals surface area contributed by atoms with E-state index in [1.807, 2.05) is 11.8 Å². The first-order chi connectivity index (χ1) is 9.16. The lowest BCUT2D eigenvalue weighted by Crippen LogP contribution is -2.39. The molecule has 0 unspecified atom stereocenters. The highest BCUT2D eigenvalue weighted by molar-refractivity contribution is 7.99. The van der Waals surface area contributed by atoms with E-state index in [0.717, 1.165) is 19.6 Å². The van der Waals surface area contributed by atoms with Crippen molar-refractivity contribution in [1.29, 1.82) is 0 Å². The van der Waals surface area contributed by atoms with Gasteiger partial charge in [0.15, 0.2) is 0 Å². The Hall–Kier alpha value is -0.910. The van der Waals surface area contributed by atoms with Gasteiger partial charge in [0.05, 0.1) is 10.7 Å². The van der Waals surface area contributed by atoms with E-state index in [2.05, 4.69) is 10.2 Å². The molecule has 0 aromatic heterocycles. The van der Waals surface area contributed by atoms with Crippen molar-refractivity contribution in [1.82, 2.24) is 10.2 Å². The number of hydrogen-bond donors (Lipinski definition) is 2. The summed E-state index contributed by atoms with van der Waals surface area (Å²) in [6.07, 6.45) is 0. The minimum Gasteiger partial charge on any atom is -0.398 e. The molecule has 0 radical (unpaired) electrons. The molecule has 1 fully saturated rings. The first-order valence-corrected chi connectivity index (χ1v) is 7.83. The van der Waals surface area contributed by atoms with Gasteiger partial charge in [0.25, 0.3) is 5.91 Å². The number of amides is 1. The van der Waals surface area contributed by atoms with E-state index in [-0.39, 0.29) is 5.91 Å². The minimum absolute atomic E-state index is 0.103. The molecule has 6 heteroatoms. The molecule has 1 aromatic carbocycles. The van der Waals surface area contributed by atoms with Crippen LogP contribution in [0.2, 0.25) is 5.02 Å². The molecule has 0 bridgehead atoms. The SMILES string of the molecule is Nc1ccc(C(=O)NCCN2CCSCC2)cc1Cl. The van der Waals surface area contributed by atoms with Crippen LogP contribution in [0.5, 0.6) is 0 Å². The second-order valence-corrected chi connectivity index (χ2v) is 6.08. The summed E-state index contributed by atoms with van der Waals surface area (Å²) < 4.78 is 0. The van der Waals surface area contributed by atoms with Crippen LogP contribution in [0.15, 0.2) is 18.2 Å². The van der Waals surface area contributed by atoms with Gasteiger partial charge in [-0.2, -0.15) is 11.8 Å². The molecule has 1 heterocycles. The Morgan fingerprint density at radius 1 is 1.42 bits per heavy atom. The summed E-state index contributed by atoms with van der Waals surface area (Å²) in [6.45, 7) is 3.77. The largest absolute Gasteiger partial charge is 0.398 e. The number of halogens is 1. The standard InChI is InChI=1S/C13H18ClN3OS/c14-11-9-10(1-2-12(11)15)13(18)16-3-4-17-5-7-19-8-6-17/h1-2,9H,3-8,15H2,(H,16,18). The molecular formula is C13H18ClN3OS. The molecule has 3 N–H and O–H groups in total. The van der Waals surface area contributed by atoms with Gasteiger partial charge in [-0.3, -0.25) is 9.69 Å². The van der Waals surface area contributed by atoms with Crippen molar-refractivity contribution in [3.8, 4) is 0 Å². The zero-order chi connectivity index (χ0) is 13.7. The Labute approximate surface area is 122 Å². The molecule has 0 saturated carbocycles. The Morgan fingerprint density at radius 3 is 2.84 bits per heavy atom. The molecule has 1 aliphatic heterocycles. The summed E-state index contributed by atoms with van der Waals surface area (Å²) in [6, 6.07) is 4.94. The second-order valence-electron chi connectivity index (χ2n) is 4.45. The maximum atomic E-state index is 11.9. The fourth-order valence-corrected chi connectivity index (χ4v) is 3.08. The van der Waals surface area contributed by atoms with E-state index in [1.165, 1.54) is 11.5 Å². The molecule has 2 rings (SSSR count). The second kappa shape index (κ2) is 7.03. The lowest BCUT2D eigenvalue weighted by atomic mass is 10.2. The van der Waals surface area contributed by atoms with Crippen LogP contribution in [-0.2, 0) is 0 Å². The van der Waals surface area contributed by atoms with Crippen molar-refractivity contribution in [2.45, 2.75) is 0 Å². The zero-order valence-corrected chi connectivity index (χ0v) is 12.3. The Bertz CT molecular complexity index is 450. The molecule has 1 saturated heterocycles. The Balaban J connectivity index is 1.78. The van der Waals surface area contributed by atoms with Crippen LogP contribution in [0.25, 0.3) is 0 Å². The minimum atomic E-state index is -0.103. The predicted molar refractivity (Wildman–Crippen MR) is 82.0 cm³/mol. The van der Waals surface area contributed by atoms with Crippen molar-refractivity contribution in [2.24, 2.45) is 0 Å². The van der Waals surface area contributed by atoms with Crippen LogP contribution < -0.4 is 11.1 Å². The third-order valence-electron chi connectivity index (χ3n) is 3.08.